The third-order valence-electron chi connectivity index (χ3n) is 8.86. The molecule has 0 atom stereocenters. The van der Waals surface area contributed by atoms with Crippen molar-refractivity contribution in [1.29, 1.82) is 5.26 Å². The third kappa shape index (κ3) is 4.51. The topological polar surface area (TPSA) is 54.5 Å². The molecule has 6 aromatic carbocycles. The van der Waals surface area contributed by atoms with Crippen LogP contribution in [0.3, 0.4) is 0 Å². The van der Waals surface area contributed by atoms with Gasteiger partial charge in [-0.3, -0.25) is 0 Å². The smallest absolute Gasteiger partial charge is 0.160 e. The summed E-state index contributed by atoms with van der Waals surface area (Å²) in [7, 11) is 0. The Hall–Kier alpha value is -6.35. The minimum atomic E-state index is 0.575. The Morgan fingerprint density at radius 2 is 1.12 bits per heavy atom. The highest BCUT2D eigenvalue weighted by Crippen LogP contribution is 2.44. The predicted octanol–water partition coefficient (Wildman–Crippen LogP) is 11.3. The van der Waals surface area contributed by atoms with Gasteiger partial charge in [0.1, 0.15) is 6.07 Å². The fourth-order valence-electron chi connectivity index (χ4n) is 6.70. The molecule has 224 valence electrons. The van der Waals surface area contributed by atoms with Gasteiger partial charge >= 0.3 is 0 Å². The lowest BCUT2D eigenvalue weighted by atomic mass is 9.93. The Balaban J connectivity index is 1.34. The summed E-state index contributed by atoms with van der Waals surface area (Å²) >= 11 is 1.80. The molecule has 0 aliphatic rings. The van der Waals surface area contributed by atoms with Crippen molar-refractivity contribution in [3.63, 3.8) is 0 Å². The first-order valence-electron chi connectivity index (χ1n) is 15.8. The zero-order valence-electron chi connectivity index (χ0n) is 25.7. The molecule has 0 bridgehead atoms. The predicted molar refractivity (Wildman–Crippen MR) is 198 cm³/mol. The van der Waals surface area contributed by atoms with E-state index in [0.717, 1.165) is 55.9 Å². The molecule has 0 spiro atoms. The van der Waals surface area contributed by atoms with Crippen LogP contribution in [0.25, 0.3) is 81.9 Å². The van der Waals surface area contributed by atoms with E-state index in [-0.39, 0.29) is 0 Å². The molecular formula is C43H26N4S. The number of benzene rings is 6. The standard InChI is InChI=1S/C43H26N4S/c44-27-32-26-31(24-25-35(32)47-36-22-12-10-20-33(36)42-41(47)34-21-11-13-23-37(34)48-42)40-38(28-14-4-1-5-15-28)39(29-16-6-2-7-17-29)45-43(46-40)30-18-8-3-9-19-30/h1-26H. The van der Waals surface area contributed by atoms with Gasteiger partial charge in [-0.1, -0.05) is 133 Å². The molecule has 5 heteroatoms. The van der Waals surface area contributed by atoms with Crippen molar-refractivity contribution < 1.29 is 0 Å². The maximum Gasteiger partial charge on any atom is 0.160 e. The maximum atomic E-state index is 10.8. The van der Waals surface area contributed by atoms with Gasteiger partial charge in [-0.15, -0.1) is 11.3 Å². The van der Waals surface area contributed by atoms with E-state index >= 15 is 0 Å². The Bertz CT molecular complexity index is 2660. The number of hydrogen-bond donors (Lipinski definition) is 0. The van der Waals surface area contributed by atoms with Gasteiger partial charge in [-0.2, -0.15) is 5.26 Å². The van der Waals surface area contributed by atoms with E-state index in [9.17, 15) is 5.26 Å². The van der Waals surface area contributed by atoms with Crippen LogP contribution in [0, 0.1) is 11.3 Å². The minimum Gasteiger partial charge on any atom is -0.306 e. The lowest BCUT2D eigenvalue weighted by Crippen LogP contribution is -2.02. The third-order valence-corrected chi connectivity index (χ3v) is 10.1. The molecule has 0 fully saturated rings. The zero-order chi connectivity index (χ0) is 32.0. The number of nitriles is 1. The van der Waals surface area contributed by atoms with Crippen LogP contribution in [-0.4, -0.2) is 14.5 Å². The zero-order valence-corrected chi connectivity index (χ0v) is 26.5. The highest BCUT2D eigenvalue weighted by molar-refractivity contribution is 7.26. The van der Waals surface area contributed by atoms with E-state index in [4.69, 9.17) is 9.97 Å². The number of fused-ring (bicyclic) bond motifs is 5. The first-order valence-corrected chi connectivity index (χ1v) is 16.6. The lowest BCUT2D eigenvalue weighted by molar-refractivity contribution is 1.16. The van der Waals surface area contributed by atoms with Gasteiger partial charge in [0.25, 0.3) is 0 Å². The summed E-state index contributed by atoms with van der Waals surface area (Å²) in [5, 5.41) is 13.1. The van der Waals surface area contributed by atoms with Crippen LogP contribution in [0.15, 0.2) is 158 Å². The van der Waals surface area contributed by atoms with Gasteiger partial charge in [0, 0.05) is 37.7 Å². The molecular weight excluding hydrogens is 605 g/mol. The van der Waals surface area contributed by atoms with Crippen LogP contribution >= 0.6 is 11.3 Å². The Kier molecular flexibility index (Phi) is 6.67. The fourth-order valence-corrected chi connectivity index (χ4v) is 7.93. The molecule has 0 saturated carbocycles. The average molecular weight is 631 g/mol. The Morgan fingerprint density at radius 1 is 0.542 bits per heavy atom. The number of thiophene rings is 1. The molecule has 4 nitrogen and oxygen atoms in total. The van der Waals surface area contributed by atoms with Crippen molar-refractivity contribution >= 4 is 42.5 Å². The van der Waals surface area contributed by atoms with Crippen molar-refractivity contribution in [1.82, 2.24) is 14.5 Å². The number of aromatic nitrogens is 3. The summed E-state index contributed by atoms with van der Waals surface area (Å²) in [4.78, 5) is 10.4. The molecule has 9 aromatic rings. The quantitative estimate of drug-likeness (QED) is 0.190. The number of rotatable bonds is 5. The van der Waals surface area contributed by atoms with E-state index in [0.29, 0.717) is 11.4 Å². The Labute approximate surface area is 281 Å². The van der Waals surface area contributed by atoms with Crippen molar-refractivity contribution in [3.8, 4) is 56.8 Å². The monoisotopic (exact) mass is 630 g/mol. The molecule has 48 heavy (non-hydrogen) atoms. The van der Waals surface area contributed by atoms with Crippen LogP contribution in [0.5, 0.6) is 0 Å². The second kappa shape index (κ2) is 11.5. The number of para-hydroxylation sites is 1. The largest absolute Gasteiger partial charge is 0.306 e. The molecule has 3 aromatic heterocycles. The van der Waals surface area contributed by atoms with E-state index in [1.54, 1.807) is 11.3 Å². The first-order chi connectivity index (χ1) is 23.8. The second-order valence-corrected chi connectivity index (χ2v) is 12.7. The highest BCUT2D eigenvalue weighted by atomic mass is 32.1. The summed E-state index contributed by atoms with van der Waals surface area (Å²) in [6.07, 6.45) is 0. The minimum absolute atomic E-state index is 0.575. The van der Waals surface area contributed by atoms with Crippen molar-refractivity contribution in [3.05, 3.63) is 163 Å². The normalized spacial score (nSPS) is 11.3. The van der Waals surface area contributed by atoms with Gasteiger partial charge < -0.3 is 4.57 Å². The van der Waals surface area contributed by atoms with Gasteiger partial charge in [-0.25, -0.2) is 9.97 Å². The SMILES string of the molecule is N#Cc1cc(-c2nc(-c3ccccc3)nc(-c3ccccc3)c2-c2ccccc2)ccc1-n1c2ccccc2c2sc3ccccc3c21. The molecule has 0 aliphatic carbocycles. The summed E-state index contributed by atoms with van der Waals surface area (Å²) in [5.74, 6) is 0.634. The molecule has 9 rings (SSSR count). The van der Waals surface area contributed by atoms with Gasteiger partial charge in [0.05, 0.1) is 38.4 Å². The second-order valence-electron chi connectivity index (χ2n) is 11.7. The van der Waals surface area contributed by atoms with Gasteiger partial charge in [0.15, 0.2) is 5.82 Å². The molecule has 0 radical (unpaired) electrons. The number of hydrogen-bond acceptors (Lipinski definition) is 4. The molecule has 0 N–H and O–H groups in total. The average Bonchev–Trinajstić information content (AvgIpc) is 3.70. The Morgan fingerprint density at radius 3 is 1.83 bits per heavy atom. The van der Waals surface area contributed by atoms with Crippen molar-refractivity contribution in [2.75, 3.05) is 0 Å². The van der Waals surface area contributed by atoms with Gasteiger partial charge in [0.2, 0.25) is 0 Å². The van der Waals surface area contributed by atoms with Gasteiger partial charge in [-0.05, 0) is 29.8 Å². The van der Waals surface area contributed by atoms with E-state index < -0.39 is 0 Å². The summed E-state index contributed by atoms with van der Waals surface area (Å²) < 4.78 is 4.71. The molecule has 0 unspecified atom stereocenters. The number of nitrogens with zero attached hydrogens (tertiary/aromatic N) is 4. The fraction of sp³-hybridized carbons (Fsp3) is 0. The van der Waals surface area contributed by atoms with Crippen LogP contribution in [-0.2, 0) is 0 Å². The molecule has 0 amide bonds. The van der Waals surface area contributed by atoms with Crippen molar-refractivity contribution in [2.24, 2.45) is 0 Å². The molecule has 0 aliphatic heterocycles. The summed E-state index contributed by atoms with van der Waals surface area (Å²) in [6.45, 7) is 0. The van der Waals surface area contributed by atoms with E-state index in [1.807, 2.05) is 72.8 Å². The summed E-state index contributed by atoms with van der Waals surface area (Å²) in [5.41, 5.74) is 9.98. The maximum absolute atomic E-state index is 10.8. The van der Waals surface area contributed by atoms with Crippen LogP contribution in [0.1, 0.15) is 5.56 Å². The van der Waals surface area contributed by atoms with E-state index in [1.165, 1.54) is 20.2 Å². The summed E-state index contributed by atoms with van der Waals surface area (Å²) in [6, 6.07) is 56.3. The van der Waals surface area contributed by atoms with Crippen molar-refractivity contribution in [2.45, 2.75) is 0 Å². The first kappa shape index (κ1) is 27.9. The van der Waals surface area contributed by atoms with Crippen LogP contribution in [0.2, 0.25) is 0 Å². The lowest BCUT2D eigenvalue weighted by Gasteiger charge is -2.18. The van der Waals surface area contributed by atoms with Crippen LogP contribution in [0.4, 0.5) is 0 Å². The molecule has 3 heterocycles. The van der Waals surface area contributed by atoms with Crippen LogP contribution < -0.4 is 0 Å². The molecule has 0 saturated heterocycles. The van der Waals surface area contributed by atoms with E-state index in [2.05, 4.69) is 95.6 Å². The highest BCUT2D eigenvalue weighted by Gasteiger charge is 2.23.